The molecule has 1 aliphatic rings. The summed E-state index contributed by atoms with van der Waals surface area (Å²) in [5, 5.41) is 6.36. The Morgan fingerprint density at radius 3 is 2.57 bits per heavy atom. The number of nitrogens with one attached hydrogen (secondary N) is 2. The summed E-state index contributed by atoms with van der Waals surface area (Å²) >= 11 is 0. The summed E-state index contributed by atoms with van der Waals surface area (Å²) in [7, 11) is 0. The third kappa shape index (κ3) is 5.05. The number of hydrogen-bond acceptors (Lipinski definition) is 3. The molecular weight excluding hydrogens is 264 g/mol. The Labute approximate surface area is 127 Å². The summed E-state index contributed by atoms with van der Waals surface area (Å²) in [6.07, 6.45) is 4.95. The smallest absolute Gasteiger partial charge is 0.234 e. The zero-order valence-corrected chi connectivity index (χ0v) is 13.0. The molecule has 1 aliphatic carbocycles. The van der Waals surface area contributed by atoms with Crippen molar-refractivity contribution in [2.45, 2.75) is 51.6 Å². The van der Waals surface area contributed by atoms with E-state index >= 15 is 0 Å². The normalized spacial score (nSPS) is 16.7. The molecule has 2 N–H and O–H groups in total. The Balaban J connectivity index is 1.76. The lowest BCUT2D eigenvalue weighted by atomic mass is 10.1. The molecule has 1 aromatic rings. The fourth-order valence-electron chi connectivity index (χ4n) is 2.76. The first-order valence-electron chi connectivity index (χ1n) is 7.94. The van der Waals surface area contributed by atoms with Crippen molar-refractivity contribution < 1.29 is 9.53 Å². The third-order valence-corrected chi connectivity index (χ3v) is 3.98. The van der Waals surface area contributed by atoms with Gasteiger partial charge in [-0.25, -0.2) is 0 Å². The Hall–Kier alpha value is -1.55. The van der Waals surface area contributed by atoms with Crippen LogP contribution >= 0.6 is 0 Å². The van der Waals surface area contributed by atoms with Gasteiger partial charge in [0.1, 0.15) is 5.75 Å². The van der Waals surface area contributed by atoms with Crippen LogP contribution in [0.25, 0.3) is 0 Å². The van der Waals surface area contributed by atoms with Crippen LogP contribution in [0.5, 0.6) is 5.75 Å². The minimum atomic E-state index is 0.0126. The van der Waals surface area contributed by atoms with Gasteiger partial charge in [0.25, 0.3) is 0 Å². The highest BCUT2D eigenvalue weighted by atomic mass is 16.5. The molecule has 1 atom stereocenters. The molecule has 1 saturated carbocycles. The van der Waals surface area contributed by atoms with Gasteiger partial charge in [0.15, 0.2) is 0 Å². The number of carbonyl (C=O) groups excluding carboxylic acids is 1. The number of rotatable bonds is 7. The van der Waals surface area contributed by atoms with E-state index in [1.807, 2.05) is 38.1 Å². The molecule has 0 aliphatic heterocycles. The summed E-state index contributed by atoms with van der Waals surface area (Å²) in [5.41, 5.74) is 1.09. The molecular formula is C17H26N2O2. The summed E-state index contributed by atoms with van der Waals surface area (Å²) in [5.74, 6) is 0.922. The minimum Gasteiger partial charge on any atom is -0.494 e. The van der Waals surface area contributed by atoms with Crippen molar-refractivity contribution in [3.8, 4) is 5.75 Å². The molecule has 1 unspecified atom stereocenters. The molecule has 0 bridgehead atoms. The molecule has 0 aromatic heterocycles. The molecule has 0 spiro atoms. The lowest BCUT2D eigenvalue weighted by Gasteiger charge is -2.17. The highest BCUT2D eigenvalue weighted by Crippen LogP contribution is 2.18. The topological polar surface area (TPSA) is 50.4 Å². The average Bonchev–Trinajstić information content (AvgIpc) is 2.99. The predicted molar refractivity (Wildman–Crippen MR) is 84.4 cm³/mol. The van der Waals surface area contributed by atoms with Crippen LogP contribution in [0.15, 0.2) is 24.3 Å². The van der Waals surface area contributed by atoms with Gasteiger partial charge in [0.2, 0.25) is 5.91 Å². The number of hydrogen-bond donors (Lipinski definition) is 2. The summed E-state index contributed by atoms with van der Waals surface area (Å²) in [4.78, 5) is 12.0. The van der Waals surface area contributed by atoms with Gasteiger partial charge < -0.3 is 15.4 Å². The minimum absolute atomic E-state index is 0.0126. The van der Waals surface area contributed by atoms with Crippen LogP contribution in [0.2, 0.25) is 0 Å². The van der Waals surface area contributed by atoms with Gasteiger partial charge in [-0.3, -0.25) is 4.79 Å². The lowest BCUT2D eigenvalue weighted by Crippen LogP contribution is -2.39. The van der Waals surface area contributed by atoms with Gasteiger partial charge >= 0.3 is 0 Å². The first kappa shape index (κ1) is 15.8. The number of benzene rings is 1. The van der Waals surface area contributed by atoms with Gasteiger partial charge in [0, 0.05) is 6.04 Å². The largest absolute Gasteiger partial charge is 0.494 e. The van der Waals surface area contributed by atoms with Gasteiger partial charge in [-0.1, -0.05) is 25.0 Å². The molecule has 21 heavy (non-hydrogen) atoms. The fraction of sp³-hybridized carbons (Fsp3) is 0.588. The standard InChI is InChI=1S/C17H26N2O2/c1-3-21-16-10-8-14(9-11-16)13(2)19-17(20)12-18-15-6-4-5-7-15/h8-11,13,15,18H,3-7,12H2,1-2H3,(H,19,20). The zero-order valence-electron chi connectivity index (χ0n) is 13.0. The van der Waals surface area contributed by atoms with Crippen molar-refractivity contribution in [3.63, 3.8) is 0 Å². The van der Waals surface area contributed by atoms with E-state index in [4.69, 9.17) is 4.74 Å². The zero-order chi connectivity index (χ0) is 15.1. The third-order valence-electron chi connectivity index (χ3n) is 3.98. The molecule has 116 valence electrons. The molecule has 0 radical (unpaired) electrons. The molecule has 1 aromatic carbocycles. The van der Waals surface area contributed by atoms with Crippen molar-refractivity contribution in [3.05, 3.63) is 29.8 Å². The van der Waals surface area contributed by atoms with Crippen molar-refractivity contribution >= 4 is 5.91 Å². The SMILES string of the molecule is CCOc1ccc(C(C)NC(=O)CNC2CCCC2)cc1. The molecule has 0 heterocycles. The molecule has 4 nitrogen and oxygen atoms in total. The van der Waals surface area contributed by atoms with Crippen LogP contribution in [0.4, 0.5) is 0 Å². The van der Waals surface area contributed by atoms with E-state index in [0.29, 0.717) is 19.2 Å². The van der Waals surface area contributed by atoms with E-state index in [-0.39, 0.29) is 11.9 Å². The van der Waals surface area contributed by atoms with E-state index < -0.39 is 0 Å². The van der Waals surface area contributed by atoms with Crippen molar-refractivity contribution in [1.82, 2.24) is 10.6 Å². The second-order valence-corrected chi connectivity index (χ2v) is 5.65. The van der Waals surface area contributed by atoms with E-state index in [1.165, 1.54) is 25.7 Å². The molecule has 1 fully saturated rings. The van der Waals surface area contributed by atoms with E-state index in [0.717, 1.165) is 11.3 Å². The van der Waals surface area contributed by atoms with E-state index in [1.54, 1.807) is 0 Å². The number of amides is 1. The fourth-order valence-corrected chi connectivity index (χ4v) is 2.76. The molecule has 4 heteroatoms. The Morgan fingerprint density at radius 1 is 1.29 bits per heavy atom. The maximum Gasteiger partial charge on any atom is 0.234 e. The Kier molecular flexibility index (Phi) is 6.05. The van der Waals surface area contributed by atoms with Crippen LogP contribution in [-0.2, 0) is 4.79 Å². The molecule has 0 saturated heterocycles. The highest BCUT2D eigenvalue weighted by Gasteiger charge is 2.16. The van der Waals surface area contributed by atoms with Gasteiger partial charge in [-0.2, -0.15) is 0 Å². The lowest BCUT2D eigenvalue weighted by molar-refractivity contribution is -0.121. The first-order chi connectivity index (χ1) is 10.2. The van der Waals surface area contributed by atoms with Crippen molar-refractivity contribution in [2.24, 2.45) is 0 Å². The first-order valence-corrected chi connectivity index (χ1v) is 7.94. The van der Waals surface area contributed by atoms with Crippen LogP contribution < -0.4 is 15.4 Å². The van der Waals surface area contributed by atoms with Gasteiger partial charge in [-0.15, -0.1) is 0 Å². The maximum absolute atomic E-state index is 12.0. The van der Waals surface area contributed by atoms with E-state index in [9.17, 15) is 4.79 Å². The van der Waals surface area contributed by atoms with Crippen LogP contribution in [0.3, 0.4) is 0 Å². The Morgan fingerprint density at radius 2 is 1.95 bits per heavy atom. The molecule has 1 amide bonds. The summed E-state index contributed by atoms with van der Waals surface area (Å²) in [6, 6.07) is 8.42. The van der Waals surface area contributed by atoms with Crippen LogP contribution in [0.1, 0.15) is 51.1 Å². The van der Waals surface area contributed by atoms with Gasteiger partial charge in [-0.05, 0) is 44.4 Å². The summed E-state index contributed by atoms with van der Waals surface area (Å²) in [6.45, 7) is 5.04. The highest BCUT2D eigenvalue weighted by molar-refractivity contribution is 5.78. The van der Waals surface area contributed by atoms with Gasteiger partial charge in [0.05, 0.1) is 19.2 Å². The quantitative estimate of drug-likeness (QED) is 0.812. The van der Waals surface area contributed by atoms with Crippen molar-refractivity contribution in [2.75, 3.05) is 13.2 Å². The van der Waals surface area contributed by atoms with Crippen LogP contribution in [0, 0.1) is 0 Å². The molecule has 2 rings (SSSR count). The monoisotopic (exact) mass is 290 g/mol. The second-order valence-electron chi connectivity index (χ2n) is 5.65. The second kappa shape index (κ2) is 8.03. The predicted octanol–water partition coefficient (Wildman–Crippen LogP) is 2.79. The van der Waals surface area contributed by atoms with Crippen molar-refractivity contribution in [1.29, 1.82) is 0 Å². The van der Waals surface area contributed by atoms with E-state index in [2.05, 4.69) is 10.6 Å². The average molecular weight is 290 g/mol. The number of ether oxygens (including phenoxy) is 1. The number of carbonyl (C=O) groups is 1. The van der Waals surface area contributed by atoms with Crippen LogP contribution in [-0.4, -0.2) is 25.1 Å². The summed E-state index contributed by atoms with van der Waals surface area (Å²) < 4.78 is 5.42. The maximum atomic E-state index is 12.0. The Bertz CT molecular complexity index is 439.